The van der Waals surface area contributed by atoms with Crippen LogP contribution in [0, 0.1) is 0 Å². The van der Waals surface area contributed by atoms with Crippen molar-refractivity contribution in [2.75, 3.05) is 11.9 Å². The van der Waals surface area contributed by atoms with E-state index in [0.717, 1.165) is 12.1 Å². The number of aromatic carboxylic acids is 1. The van der Waals surface area contributed by atoms with Crippen molar-refractivity contribution in [3.05, 3.63) is 46.7 Å². The molecule has 19 heavy (non-hydrogen) atoms. The Balaban J connectivity index is 2.05. The van der Waals surface area contributed by atoms with Crippen LogP contribution >= 0.6 is 11.6 Å². The van der Waals surface area contributed by atoms with Crippen molar-refractivity contribution in [1.82, 2.24) is 9.78 Å². The molecule has 0 spiro atoms. The van der Waals surface area contributed by atoms with Crippen LogP contribution in [0.5, 0.6) is 0 Å². The van der Waals surface area contributed by atoms with Gasteiger partial charge in [-0.2, -0.15) is 5.10 Å². The van der Waals surface area contributed by atoms with E-state index in [4.69, 9.17) is 16.7 Å². The minimum absolute atomic E-state index is 0.217. The van der Waals surface area contributed by atoms with Crippen molar-refractivity contribution < 1.29 is 9.90 Å². The SMILES string of the molecule is Cn1nccc1CCNc1cc(Cl)ccc1C(=O)O. The summed E-state index contributed by atoms with van der Waals surface area (Å²) in [6.07, 6.45) is 2.49. The second kappa shape index (κ2) is 5.75. The molecule has 1 aromatic heterocycles. The van der Waals surface area contributed by atoms with Crippen molar-refractivity contribution in [3.63, 3.8) is 0 Å². The molecular weight excluding hydrogens is 266 g/mol. The summed E-state index contributed by atoms with van der Waals surface area (Å²) in [4.78, 5) is 11.1. The Kier molecular flexibility index (Phi) is 4.06. The lowest BCUT2D eigenvalue weighted by Crippen LogP contribution is -2.11. The van der Waals surface area contributed by atoms with Crippen molar-refractivity contribution in [2.24, 2.45) is 7.05 Å². The van der Waals surface area contributed by atoms with Gasteiger partial charge in [-0.15, -0.1) is 0 Å². The highest BCUT2D eigenvalue weighted by Crippen LogP contribution is 2.21. The first-order chi connectivity index (χ1) is 9.08. The summed E-state index contributed by atoms with van der Waals surface area (Å²) >= 11 is 5.88. The number of nitrogens with zero attached hydrogens (tertiary/aromatic N) is 2. The van der Waals surface area contributed by atoms with Gasteiger partial charge in [0.1, 0.15) is 0 Å². The first-order valence-corrected chi connectivity index (χ1v) is 6.19. The number of hydrogen-bond donors (Lipinski definition) is 2. The van der Waals surface area contributed by atoms with Crippen molar-refractivity contribution in [3.8, 4) is 0 Å². The van der Waals surface area contributed by atoms with Gasteiger partial charge in [-0.25, -0.2) is 4.79 Å². The number of anilines is 1. The van der Waals surface area contributed by atoms with E-state index in [0.29, 0.717) is 17.3 Å². The Labute approximate surface area is 115 Å². The van der Waals surface area contributed by atoms with E-state index in [-0.39, 0.29) is 5.56 Å². The fraction of sp³-hybridized carbons (Fsp3) is 0.231. The van der Waals surface area contributed by atoms with Crippen molar-refractivity contribution in [1.29, 1.82) is 0 Å². The number of halogens is 1. The van der Waals surface area contributed by atoms with Gasteiger partial charge in [-0.3, -0.25) is 4.68 Å². The number of benzene rings is 1. The lowest BCUT2D eigenvalue weighted by atomic mass is 10.1. The smallest absolute Gasteiger partial charge is 0.337 e. The van der Waals surface area contributed by atoms with Crippen LogP contribution in [-0.2, 0) is 13.5 Å². The van der Waals surface area contributed by atoms with E-state index in [1.54, 1.807) is 23.0 Å². The molecule has 0 fully saturated rings. The molecule has 2 rings (SSSR count). The molecule has 0 bridgehead atoms. The zero-order valence-electron chi connectivity index (χ0n) is 10.4. The van der Waals surface area contributed by atoms with Crippen LogP contribution in [0.4, 0.5) is 5.69 Å². The third kappa shape index (κ3) is 3.26. The summed E-state index contributed by atoms with van der Waals surface area (Å²) in [5, 5.41) is 16.8. The maximum absolute atomic E-state index is 11.1. The fourth-order valence-electron chi connectivity index (χ4n) is 1.82. The van der Waals surface area contributed by atoms with Crippen LogP contribution in [0.25, 0.3) is 0 Å². The molecule has 0 amide bonds. The summed E-state index contributed by atoms with van der Waals surface area (Å²) in [5.74, 6) is -0.972. The van der Waals surface area contributed by atoms with Crippen LogP contribution in [0.3, 0.4) is 0 Å². The van der Waals surface area contributed by atoms with E-state index in [1.165, 1.54) is 6.07 Å². The molecule has 2 N–H and O–H groups in total. The zero-order valence-corrected chi connectivity index (χ0v) is 11.2. The van der Waals surface area contributed by atoms with Gasteiger partial charge in [0.25, 0.3) is 0 Å². The molecule has 0 radical (unpaired) electrons. The lowest BCUT2D eigenvalue weighted by molar-refractivity contribution is 0.0698. The van der Waals surface area contributed by atoms with Gasteiger partial charge in [-0.05, 0) is 24.3 Å². The Morgan fingerprint density at radius 3 is 2.89 bits per heavy atom. The number of nitrogens with one attached hydrogen (secondary N) is 1. The molecule has 0 unspecified atom stereocenters. The molecule has 2 aromatic rings. The molecule has 1 aromatic carbocycles. The summed E-state index contributed by atoms with van der Waals surface area (Å²) in [6.45, 7) is 0.611. The van der Waals surface area contributed by atoms with E-state index >= 15 is 0 Å². The van der Waals surface area contributed by atoms with E-state index < -0.39 is 5.97 Å². The van der Waals surface area contributed by atoms with Crippen molar-refractivity contribution >= 4 is 23.3 Å². The minimum Gasteiger partial charge on any atom is -0.478 e. The monoisotopic (exact) mass is 279 g/mol. The third-order valence-corrected chi connectivity index (χ3v) is 3.07. The average molecular weight is 280 g/mol. The summed E-state index contributed by atoms with van der Waals surface area (Å²) in [5.41, 5.74) is 1.82. The number of carboxylic acids is 1. The van der Waals surface area contributed by atoms with Crippen molar-refractivity contribution in [2.45, 2.75) is 6.42 Å². The van der Waals surface area contributed by atoms with E-state index in [1.807, 2.05) is 13.1 Å². The molecule has 0 aliphatic carbocycles. The molecule has 1 heterocycles. The van der Waals surface area contributed by atoms with Crippen LogP contribution in [0.2, 0.25) is 5.02 Å². The standard InChI is InChI=1S/C13H14ClN3O2/c1-17-10(5-7-16-17)4-6-15-12-8-9(14)2-3-11(12)13(18)19/h2-3,5,7-8,15H,4,6H2,1H3,(H,18,19). The van der Waals surface area contributed by atoms with Gasteiger partial charge in [0.15, 0.2) is 0 Å². The predicted octanol–water partition coefficient (Wildman–Crippen LogP) is 2.43. The van der Waals surface area contributed by atoms with Gasteiger partial charge < -0.3 is 10.4 Å². The number of carboxylic acid groups (broad SMARTS) is 1. The minimum atomic E-state index is -0.972. The van der Waals surface area contributed by atoms with E-state index in [2.05, 4.69) is 10.4 Å². The van der Waals surface area contributed by atoms with Crippen LogP contribution in [-0.4, -0.2) is 27.4 Å². The van der Waals surface area contributed by atoms with E-state index in [9.17, 15) is 4.79 Å². The Morgan fingerprint density at radius 1 is 1.47 bits per heavy atom. The number of aromatic nitrogens is 2. The predicted molar refractivity (Wildman–Crippen MR) is 73.8 cm³/mol. The largest absolute Gasteiger partial charge is 0.478 e. The zero-order chi connectivity index (χ0) is 13.8. The van der Waals surface area contributed by atoms with Crippen LogP contribution in [0.1, 0.15) is 16.1 Å². The number of carbonyl (C=O) groups is 1. The molecule has 6 heteroatoms. The molecule has 0 saturated heterocycles. The second-order valence-corrected chi connectivity index (χ2v) is 4.55. The molecule has 5 nitrogen and oxygen atoms in total. The van der Waals surface area contributed by atoms with Gasteiger partial charge >= 0.3 is 5.97 Å². The Morgan fingerprint density at radius 2 is 2.26 bits per heavy atom. The maximum atomic E-state index is 11.1. The fourth-order valence-corrected chi connectivity index (χ4v) is 1.99. The quantitative estimate of drug-likeness (QED) is 0.882. The molecular formula is C13H14ClN3O2. The first kappa shape index (κ1) is 13.4. The third-order valence-electron chi connectivity index (χ3n) is 2.83. The lowest BCUT2D eigenvalue weighted by Gasteiger charge is -2.10. The van der Waals surface area contributed by atoms with Gasteiger partial charge in [0.05, 0.1) is 11.3 Å². The maximum Gasteiger partial charge on any atom is 0.337 e. The average Bonchev–Trinajstić information content (AvgIpc) is 2.75. The molecule has 0 aliphatic heterocycles. The summed E-state index contributed by atoms with van der Waals surface area (Å²) in [7, 11) is 1.87. The second-order valence-electron chi connectivity index (χ2n) is 4.12. The molecule has 0 saturated carbocycles. The van der Waals surface area contributed by atoms with Crippen LogP contribution in [0.15, 0.2) is 30.5 Å². The highest BCUT2D eigenvalue weighted by atomic mass is 35.5. The molecule has 0 atom stereocenters. The molecule has 0 aliphatic rings. The highest BCUT2D eigenvalue weighted by molar-refractivity contribution is 6.31. The summed E-state index contributed by atoms with van der Waals surface area (Å²) < 4.78 is 1.79. The highest BCUT2D eigenvalue weighted by Gasteiger charge is 2.10. The molecule has 100 valence electrons. The number of hydrogen-bond acceptors (Lipinski definition) is 3. The van der Waals surface area contributed by atoms with Crippen LogP contribution < -0.4 is 5.32 Å². The van der Waals surface area contributed by atoms with Gasteiger partial charge in [0.2, 0.25) is 0 Å². The van der Waals surface area contributed by atoms with Gasteiger partial charge in [-0.1, -0.05) is 11.6 Å². The number of aryl methyl sites for hydroxylation is 1. The van der Waals surface area contributed by atoms with Gasteiger partial charge in [0, 0.05) is 36.9 Å². The number of rotatable bonds is 5. The Bertz CT molecular complexity index is 595. The normalized spacial score (nSPS) is 10.4. The Hall–Kier alpha value is -2.01. The topological polar surface area (TPSA) is 67.2 Å². The summed E-state index contributed by atoms with van der Waals surface area (Å²) in [6, 6.07) is 6.61. The first-order valence-electron chi connectivity index (χ1n) is 5.81.